The van der Waals surface area contributed by atoms with Gasteiger partial charge < -0.3 is 19.3 Å². The van der Waals surface area contributed by atoms with Crippen molar-refractivity contribution in [1.82, 2.24) is 9.55 Å². The fourth-order valence-corrected chi connectivity index (χ4v) is 8.53. The predicted octanol–water partition coefficient (Wildman–Crippen LogP) is 11.7. The predicted molar refractivity (Wildman–Crippen MR) is 249 cm³/mol. The number of aryl methyl sites for hydroxylation is 2. The number of hydrogen-bond donors (Lipinski definition) is 1. The van der Waals surface area contributed by atoms with Crippen LogP contribution in [0.2, 0.25) is 0 Å². The maximum absolute atomic E-state index is 6.80. The Morgan fingerprint density at radius 3 is 1.97 bits per heavy atom. The van der Waals surface area contributed by atoms with E-state index in [1.54, 1.807) is 0 Å². The topological polar surface area (TPSA) is 46.2 Å². The largest absolute Gasteiger partial charge is 0.510 e. The molecule has 10 rings (SSSR count). The average molecular weight is 985 g/mol. The number of imidazole rings is 1. The summed E-state index contributed by atoms with van der Waals surface area (Å²) >= 11 is 0. The zero-order valence-corrected chi connectivity index (χ0v) is 37.5. The van der Waals surface area contributed by atoms with Gasteiger partial charge in [-0.25, -0.2) is 4.98 Å². The summed E-state index contributed by atoms with van der Waals surface area (Å²) in [5, 5.41) is 3.78. The summed E-state index contributed by atoms with van der Waals surface area (Å²) in [6.07, 6.45) is 5.61. The molecule has 9 aromatic rings. The number of aromatic nitrogens is 3. The van der Waals surface area contributed by atoms with Gasteiger partial charge in [-0.2, -0.15) is 12.1 Å². The van der Waals surface area contributed by atoms with E-state index in [4.69, 9.17) is 9.72 Å². The Hall–Kier alpha value is -6.69. The van der Waals surface area contributed by atoms with E-state index in [1.165, 1.54) is 16.6 Å². The van der Waals surface area contributed by atoms with Crippen molar-refractivity contribution in [2.75, 3.05) is 10.0 Å². The minimum Gasteiger partial charge on any atom is -0.510 e. The van der Waals surface area contributed by atoms with Crippen molar-refractivity contribution < 1.29 is 30.4 Å². The molecular weight excluding hydrogens is 941 g/mol. The SMILES string of the molecule is Cc1cccc(C)c1B1Nc2cccnc2N1c1[c-]c(Oc2[c-]c(-n3[c-][n+](-c4c(-c5ccccc5)cccc4-c4ccccc4)c4ccccc43)ccc2)cc(C(C)(C)C)c1.[Pt]. The third kappa shape index (κ3) is 7.52. The zero-order valence-electron chi connectivity index (χ0n) is 35.3. The number of nitrogens with one attached hydrogen (secondary N) is 1. The number of hydrogen-bond acceptors (Lipinski definition) is 4. The standard InChI is InChI=1S/C54H44BN5O.Pt/c1-37-18-14-19-38(2)51(37)55-57-48-28-17-31-56-53(48)60(55)43-32-41(54(3,4)5)33-45(35-43)61-44-25-15-24-42(34-44)58-36-59(50-30-13-12-29-49(50)58)52-46(39-20-8-6-9-21-39)26-16-27-47(52)40-22-10-7-11-23-40;/h6-33,57H,1-5H3;/q-2;. The summed E-state index contributed by atoms with van der Waals surface area (Å²) in [7, 11) is 0. The van der Waals surface area contributed by atoms with E-state index < -0.39 is 0 Å². The normalized spacial score (nSPS) is 12.2. The van der Waals surface area contributed by atoms with Crippen molar-refractivity contribution in [2.24, 2.45) is 0 Å². The van der Waals surface area contributed by atoms with E-state index in [-0.39, 0.29) is 33.5 Å². The van der Waals surface area contributed by atoms with Crippen LogP contribution in [0, 0.1) is 32.3 Å². The minimum atomic E-state index is -0.181. The number of pyridine rings is 1. The Kier molecular flexibility index (Phi) is 10.9. The van der Waals surface area contributed by atoms with Gasteiger partial charge in [0.05, 0.1) is 22.4 Å². The second-order valence-corrected chi connectivity index (χ2v) is 16.7. The molecule has 0 atom stereocenters. The van der Waals surface area contributed by atoms with Crippen molar-refractivity contribution in [3.8, 4) is 45.1 Å². The van der Waals surface area contributed by atoms with Crippen LogP contribution >= 0.6 is 0 Å². The third-order valence-electron chi connectivity index (χ3n) is 11.5. The van der Waals surface area contributed by atoms with Crippen molar-refractivity contribution in [3.63, 3.8) is 0 Å². The van der Waals surface area contributed by atoms with Gasteiger partial charge in [-0.1, -0.05) is 159 Å². The second kappa shape index (κ2) is 16.6. The first-order valence-corrected chi connectivity index (χ1v) is 20.8. The smallest absolute Gasteiger partial charge is 0.413 e. The van der Waals surface area contributed by atoms with Crippen LogP contribution in [-0.4, -0.2) is 16.5 Å². The number of para-hydroxylation sites is 3. The van der Waals surface area contributed by atoms with Crippen LogP contribution in [-0.2, 0) is 26.5 Å². The molecule has 62 heavy (non-hydrogen) atoms. The molecule has 0 radical (unpaired) electrons. The van der Waals surface area contributed by atoms with Gasteiger partial charge in [0.2, 0.25) is 0 Å². The van der Waals surface area contributed by atoms with E-state index in [9.17, 15) is 0 Å². The van der Waals surface area contributed by atoms with Gasteiger partial charge >= 0.3 is 6.98 Å². The van der Waals surface area contributed by atoms with Crippen LogP contribution in [0.15, 0.2) is 170 Å². The summed E-state index contributed by atoms with van der Waals surface area (Å²) in [6, 6.07) is 64.2. The van der Waals surface area contributed by atoms with Crippen LogP contribution < -0.4 is 24.8 Å². The van der Waals surface area contributed by atoms with Crippen LogP contribution in [0.3, 0.4) is 0 Å². The Morgan fingerprint density at radius 1 is 0.645 bits per heavy atom. The fraction of sp³-hybridized carbons (Fsp3) is 0.111. The number of anilines is 3. The van der Waals surface area contributed by atoms with Crippen molar-refractivity contribution in [3.05, 3.63) is 205 Å². The molecule has 0 spiro atoms. The molecule has 0 saturated carbocycles. The molecule has 7 aromatic carbocycles. The molecular formula is C54H44BN5OPt-2. The molecule has 8 heteroatoms. The van der Waals surface area contributed by atoms with Gasteiger partial charge in [-0.3, -0.25) is 4.57 Å². The summed E-state index contributed by atoms with van der Waals surface area (Å²) < 4.78 is 11.1. The summed E-state index contributed by atoms with van der Waals surface area (Å²) in [5.74, 6) is 2.02. The third-order valence-corrected chi connectivity index (χ3v) is 11.5. The quantitative estimate of drug-likeness (QED) is 0.0936. The van der Waals surface area contributed by atoms with Gasteiger partial charge in [-0.15, -0.1) is 35.9 Å². The van der Waals surface area contributed by atoms with Gasteiger partial charge in [0, 0.05) is 38.8 Å². The van der Waals surface area contributed by atoms with E-state index in [0.29, 0.717) is 11.5 Å². The first-order valence-electron chi connectivity index (χ1n) is 20.8. The number of fused-ring (bicyclic) bond motifs is 2. The molecule has 1 aliphatic heterocycles. The molecule has 0 aliphatic carbocycles. The molecule has 0 bridgehead atoms. The molecule has 0 saturated heterocycles. The molecule has 0 unspecified atom stereocenters. The van der Waals surface area contributed by atoms with Crippen molar-refractivity contribution in [1.29, 1.82) is 0 Å². The molecule has 1 aliphatic rings. The first-order chi connectivity index (χ1) is 29.7. The monoisotopic (exact) mass is 984 g/mol. The van der Waals surface area contributed by atoms with E-state index in [1.807, 2.05) is 24.4 Å². The number of benzene rings is 7. The number of rotatable bonds is 8. The minimum absolute atomic E-state index is 0. The fourth-order valence-electron chi connectivity index (χ4n) is 8.53. The van der Waals surface area contributed by atoms with Gasteiger partial charge in [0.25, 0.3) is 6.33 Å². The number of nitrogens with zero attached hydrogens (tertiary/aromatic N) is 4. The zero-order chi connectivity index (χ0) is 41.7. The van der Waals surface area contributed by atoms with E-state index >= 15 is 0 Å². The second-order valence-electron chi connectivity index (χ2n) is 16.7. The van der Waals surface area contributed by atoms with Gasteiger partial charge in [0.15, 0.2) is 0 Å². The molecule has 2 aromatic heterocycles. The Bertz CT molecular complexity index is 2990. The van der Waals surface area contributed by atoms with Crippen LogP contribution in [0.1, 0.15) is 37.5 Å². The summed E-state index contributed by atoms with van der Waals surface area (Å²) in [4.78, 5) is 7.14. The first kappa shape index (κ1) is 40.7. The summed E-state index contributed by atoms with van der Waals surface area (Å²) in [6.45, 7) is 10.8. The van der Waals surface area contributed by atoms with Gasteiger partial charge in [0.1, 0.15) is 5.82 Å². The summed E-state index contributed by atoms with van der Waals surface area (Å²) in [5.41, 5.74) is 14.8. The van der Waals surface area contributed by atoms with Gasteiger partial charge in [-0.05, 0) is 64.8 Å². The van der Waals surface area contributed by atoms with E-state index in [2.05, 4.69) is 218 Å². The van der Waals surface area contributed by atoms with Crippen LogP contribution in [0.25, 0.3) is 44.7 Å². The average Bonchev–Trinajstić information content (AvgIpc) is 3.86. The molecule has 1 N–H and O–H groups in total. The van der Waals surface area contributed by atoms with Crippen molar-refractivity contribution in [2.45, 2.75) is 40.0 Å². The van der Waals surface area contributed by atoms with Crippen LogP contribution in [0.5, 0.6) is 11.5 Å². The molecule has 0 fully saturated rings. The Balaban J connectivity index is 0.00000490. The van der Waals surface area contributed by atoms with E-state index in [0.717, 1.165) is 67.4 Å². The molecule has 3 heterocycles. The maximum atomic E-state index is 6.80. The Morgan fingerprint density at radius 2 is 1.27 bits per heavy atom. The Labute approximate surface area is 378 Å². The molecule has 0 amide bonds. The molecule has 6 nitrogen and oxygen atoms in total. The molecule has 306 valence electrons. The van der Waals surface area contributed by atoms with Crippen molar-refractivity contribution >= 4 is 40.7 Å². The van der Waals surface area contributed by atoms with Crippen LogP contribution in [0.4, 0.5) is 17.2 Å². The maximum Gasteiger partial charge on any atom is 0.413 e. The number of ether oxygens (including phenoxy) is 1.